The molecule has 0 unspecified atom stereocenters. The highest BCUT2D eigenvalue weighted by Crippen LogP contribution is 2.14. The minimum Gasteiger partial charge on any atom is -0.330 e. The third kappa shape index (κ3) is 1.11. The molecule has 0 spiro atoms. The molecule has 1 N–H and O–H groups in total. The van der Waals surface area contributed by atoms with E-state index in [1.807, 2.05) is 6.07 Å². The molecular formula is C9H11N2+. The number of fused-ring (bicyclic) bond motifs is 1. The lowest BCUT2D eigenvalue weighted by Crippen LogP contribution is -2.22. The topological polar surface area (TPSA) is 15.0 Å². The maximum atomic E-state index is 3.31. The van der Waals surface area contributed by atoms with Crippen molar-refractivity contribution in [3.05, 3.63) is 29.8 Å². The van der Waals surface area contributed by atoms with Crippen molar-refractivity contribution in [1.29, 1.82) is 0 Å². The fourth-order valence-corrected chi connectivity index (χ4v) is 1.26. The van der Waals surface area contributed by atoms with Gasteiger partial charge >= 0.3 is 0 Å². The Labute approximate surface area is 66.2 Å². The van der Waals surface area contributed by atoms with Gasteiger partial charge in [-0.05, 0) is 12.1 Å². The number of nitrogens with one attached hydrogen (secondary N) is 1. The van der Waals surface area contributed by atoms with Crippen LogP contribution in [0.25, 0.3) is 0 Å². The lowest BCUT2D eigenvalue weighted by atomic mass is 10.2. The fourth-order valence-electron chi connectivity index (χ4n) is 1.26. The Morgan fingerprint density at radius 1 is 1.36 bits per heavy atom. The SMILES string of the molecule is C[N+]1=Cc2ccccc2NC1. The van der Waals surface area contributed by atoms with Crippen molar-refractivity contribution in [1.82, 2.24) is 0 Å². The average molecular weight is 147 g/mol. The molecule has 0 saturated carbocycles. The molecule has 0 aliphatic carbocycles. The van der Waals surface area contributed by atoms with Crippen LogP contribution < -0.4 is 5.32 Å². The van der Waals surface area contributed by atoms with Crippen LogP contribution in [0.5, 0.6) is 0 Å². The second-order valence-corrected chi connectivity index (χ2v) is 2.81. The van der Waals surface area contributed by atoms with E-state index in [1.165, 1.54) is 11.3 Å². The maximum Gasteiger partial charge on any atom is 0.215 e. The van der Waals surface area contributed by atoms with E-state index in [4.69, 9.17) is 0 Å². The second kappa shape index (κ2) is 2.38. The summed E-state index contributed by atoms with van der Waals surface area (Å²) in [5.41, 5.74) is 2.49. The molecule has 0 radical (unpaired) electrons. The molecule has 1 aliphatic rings. The number of hydrogen-bond acceptors (Lipinski definition) is 1. The summed E-state index contributed by atoms with van der Waals surface area (Å²) in [6.07, 6.45) is 2.14. The minimum absolute atomic E-state index is 0.900. The summed E-state index contributed by atoms with van der Waals surface area (Å²) in [5.74, 6) is 0. The third-order valence-corrected chi connectivity index (χ3v) is 1.84. The maximum absolute atomic E-state index is 3.31. The van der Waals surface area contributed by atoms with E-state index in [2.05, 4.69) is 41.4 Å². The highest BCUT2D eigenvalue weighted by atomic mass is 15.1. The smallest absolute Gasteiger partial charge is 0.215 e. The van der Waals surface area contributed by atoms with E-state index in [0.717, 1.165) is 6.67 Å². The van der Waals surface area contributed by atoms with Gasteiger partial charge in [0.1, 0.15) is 7.05 Å². The molecule has 2 heteroatoms. The molecule has 0 saturated heterocycles. The van der Waals surface area contributed by atoms with E-state index in [0.29, 0.717) is 0 Å². The zero-order chi connectivity index (χ0) is 7.68. The van der Waals surface area contributed by atoms with Crippen molar-refractivity contribution in [2.75, 3.05) is 19.0 Å². The Kier molecular flexibility index (Phi) is 1.39. The predicted octanol–water partition coefficient (Wildman–Crippen LogP) is 1.13. The van der Waals surface area contributed by atoms with Crippen molar-refractivity contribution in [3.8, 4) is 0 Å². The summed E-state index contributed by atoms with van der Waals surface area (Å²) >= 11 is 0. The Balaban J connectivity index is 2.51. The van der Waals surface area contributed by atoms with Gasteiger partial charge in [-0.15, -0.1) is 0 Å². The van der Waals surface area contributed by atoms with Gasteiger partial charge in [-0.3, -0.25) is 0 Å². The summed E-state index contributed by atoms with van der Waals surface area (Å²) in [4.78, 5) is 0. The van der Waals surface area contributed by atoms with Crippen LogP contribution in [-0.2, 0) is 0 Å². The van der Waals surface area contributed by atoms with Crippen LogP contribution in [0.15, 0.2) is 24.3 Å². The molecule has 56 valence electrons. The Hall–Kier alpha value is -1.31. The molecule has 1 heterocycles. The highest BCUT2D eigenvalue weighted by molar-refractivity contribution is 5.85. The number of anilines is 1. The summed E-state index contributed by atoms with van der Waals surface area (Å²) in [7, 11) is 2.06. The molecular weight excluding hydrogens is 136 g/mol. The second-order valence-electron chi connectivity index (χ2n) is 2.81. The van der Waals surface area contributed by atoms with Crippen LogP contribution in [-0.4, -0.2) is 24.5 Å². The number of benzene rings is 1. The minimum atomic E-state index is 0.900. The van der Waals surface area contributed by atoms with Crippen molar-refractivity contribution >= 4 is 11.9 Å². The Morgan fingerprint density at radius 3 is 3.09 bits per heavy atom. The normalized spacial score (nSPS) is 14.8. The number of nitrogens with zero attached hydrogens (tertiary/aromatic N) is 1. The summed E-state index contributed by atoms with van der Waals surface area (Å²) in [6.45, 7) is 0.900. The van der Waals surface area contributed by atoms with E-state index >= 15 is 0 Å². The first kappa shape index (κ1) is 6.40. The van der Waals surface area contributed by atoms with Crippen LogP contribution in [0.3, 0.4) is 0 Å². The highest BCUT2D eigenvalue weighted by Gasteiger charge is 2.08. The molecule has 1 aromatic carbocycles. The summed E-state index contributed by atoms with van der Waals surface area (Å²) in [6, 6.07) is 8.30. The quantitative estimate of drug-likeness (QED) is 0.544. The largest absolute Gasteiger partial charge is 0.330 e. The van der Waals surface area contributed by atoms with Crippen molar-refractivity contribution < 1.29 is 4.58 Å². The zero-order valence-electron chi connectivity index (χ0n) is 6.54. The van der Waals surface area contributed by atoms with Crippen molar-refractivity contribution in [2.24, 2.45) is 0 Å². The van der Waals surface area contributed by atoms with Gasteiger partial charge in [-0.1, -0.05) is 12.1 Å². The van der Waals surface area contributed by atoms with E-state index in [9.17, 15) is 0 Å². The van der Waals surface area contributed by atoms with Crippen molar-refractivity contribution in [2.45, 2.75) is 0 Å². The molecule has 11 heavy (non-hydrogen) atoms. The van der Waals surface area contributed by atoms with E-state index in [-0.39, 0.29) is 0 Å². The van der Waals surface area contributed by atoms with Crippen molar-refractivity contribution in [3.63, 3.8) is 0 Å². The average Bonchev–Trinajstić information content (AvgIpc) is 2.04. The van der Waals surface area contributed by atoms with Gasteiger partial charge in [0.25, 0.3) is 0 Å². The standard InChI is InChI=1S/C9H10N2/c1-11-6-8-4-2-3-5-9(8)10-7-11/h2-6H,7H2,1H3/p+1. The fraction of sp³-hybridized carbons (Fsp3) is 0.222. The molecule has 1 aromatic rings. The van der Waals surface area contributed by atoms with Crippen LogP contribution in [0, 0.1) is 0 Å². The first-order valence-electron chi connectivity index (χ1n) is 3.74. The van der Waals surface area contributed by atoms with Gasteiger partial charge in [0.2, 0.25) is 6.67 Å². The Morgan fingerprint density at radius 2 is 2.18 bits per heavy atom. The van der Waals surface area contributed by atoms with Gasteiger partial charge in [-0.2, -0.15) is 0 Å². The van der Waals surface area contributed by atoms with E-state index < -0.39 is 0 Å². The monoisotopic (exact) mass is 147 g/mol. The summed E-state index contributed by atoms with van der Waals surface area (Å²) in [5, 5.41) is 3.31. The van der Waals surface area contributed by atoms with Crippen LogP contribution in [0.1, 0.15) is 5.56 Å². The third-order valence-electron chi connectivity index (χ3n) is 1.84. The first-order chi connectivity index (χ1) is 5.36. The lowest BCUT2D eigenvalue weighted by Gasteiger charge is -2.10. The first-order valence-corrected chi connectivity index (χ1v) is 3.74. The predicted molar refractivity (Wildman–Crippen MR) is 46.3 cm³/mol. The van der Waals surface area contributed by atoms with Gasteiger partial charge in [0, 0.05) is 0 Å². The number of para-hydroxylation sites is 1. The molecule has 2 rings (SSSR count). The lowest BCUT2D eigenvalue weighted by molar-refractivity contribution is -0.486. The van der Waals surface area contributed by atoms with Gasteiger partial charge in [-0.25, -0.2) is 4.58 Å². The molecule has 1 aliphatic heterocycles. The van der Waals surface area contributed by atoms with Crippen LogP contribution in [0.2, 0.25) is 0 Å². The number of hydrogen-bond donors (Lipinski definition) is 1. The van der Waals surface area contributed by atoms with Gasteiger partial charge in [0.05, 0.1) is 11.3 Å². The molecule has 0 bridgehead atoms. The van der Waals surface area contributed by atoms with E-state index in [1.54, 1.807) is 0 Å². The molecule has 0 atom stereocenters. The van der Waals surface area contributed by atoms with Gasteiger partial charge < -0.3 is 5.32 Å². The molecule has 0 aromatic heterocycles. The zero-order valence-corrected chi connectivity index (χ0v) is 6.54. The Bertz CT molecular complexity index is 302. The number of rotatable bonds is 0. The van der Waals surface area contributed by atoms with Gasteiger partial charge in [0.15, 0.2) is 6.21 Å². The van der Waals surface area contributed by atoms with Crippen LogP contribution in [0.4, 0.5) is 5.69 Å². The van der Waals surface area contributed by atoms with Crippen LogP contribution >= 0.6 is 0 Å². The molecule has 0 fully saturated rings. The molecule has 0 amide bonds. The molecule has 2 nitrogen and oxygen atoms in total. The summed E-state index contributed by atoms with van der Waals surface area (Å²) < 4.78 is 2.13.